The maximum Gasteiger partial charge on any atom is 0.239 e. The normalized spacial score (nSPS) is 17.7. The first-order valence-electron chi connectivity index (χ1n) is 7.77. The number of aromatic nitrogens is 2. The van der Waals surface area contributed by atoms with Crippen molar-refractivity contribution < 1.29 is 15.0 Å². The predicted octanol–water partition coefficient (Wildman–Crippen LogP) is 0.763. The van der Waals surface area contributed by atoms with E-state index in [1.807, 2.05) is 19.9 Å². The van der Waals surface area contributed by atoms with E-state index in [0.29, 0.717) is 23.6 Å². The van der Waals surface area contributed by atoms with Gasteiger partial charge >= 0.3 is 0 Å². The van der Waals surface area contributed by atoms with Gasteiger partial charge in [0.05, 0.1) is 24.9 Å². The van der Waals surface area contributed by atoms with Crippen molar-refractivity contribution in [3.8, 4) is 17.0 Å². The molecule has 0 saturated carbocycles. The molecule has 1 fully saturated rings. The van der Waals surface area contributed by atoms with Crippen molar-refractivity contribution in [2.45, 2.75) is 19.9 Å². The van der Waals surface area contributed by atoms with Gasteiger partial charge in [-0.25, -0.2) is 0 Å². The predicted molar refractivity (Wildman–Crippen MR) is 89.8 cm³/mol. The molecular weight excluding hydrogens is 308 g/mol. The lowest BCUT2D eigenvalue weighted by Crippen LogP contribution is -2.55. The van der Waals surface area contributed by atoms with Crippen LogP contribution in [0, 0.1) is 13.8 Å². The molecule has 1 aromatic carbocycles. The molecule has 126 valence electrons. The Balaban J connectivity index is 1.87. The second-order valence-corrected chi connectivity index (χ2v) is 6.08. The molecule has 3 rings (SSSR count). The summed E-state index contributed by atoms with van der Waals surface area (Å²) < 4.78 is 0. The number of aliphatic hydroxyl groups is 1. The molecule has 0 bridgehead atoms. The van der Waals surface area contributed by atoms with Crippen LogP contribution >= 0.6 is 0 Å². The molecule has 1 aliphatic rings. The number of phenols is 1. The van der Waals surface area contributed by atoms with Crippen LogP contribution in [-0.2, 0) is 4.79 Å². The molecule has 0 unspecified atom stereocenters. The quantitative estimate of drug-likeness (QED) is 0.769. The molecule has 2 aromatic rings. The van der Waals surface area contributed by atoms with E-state index in [0.717, 1.165) is 11.1 Å². The fourth-order valence-electron chi connectivity index (χ4n) is 3.01. The molecule has 0 spiro atoms. The minimum Gasteiger partial charge on any atom is -0.507 e. The Morgan fingerprint density at radius 3 is 2.71 bits per heavy atom. The summed E-state index contributed by atoms with van der Waals surface area (Å²) in [6.07, 6.45) is 0. The number of nitrogens with zero attached hydrogens (tertiary/aromatic N) is 3. The number of anilines is 1. The number of aliphatic hydroxyl groups excluding tert-OH is 1. The van der Waals surface area contributed by atoms with Crippen molar-refractivity contribution >= 4 is 11.7 Å². The van der Waals surface area contributed by atoms with Crippen LogP contribution in [0.25, 0.3) is 11.3 Å². The van der Waals surface area contributed by atoms with E-state index in [1.165, 1.54) is 0 Å². The Labute approximate surface area is 140 Å². The first-order valence-corrected chi connectivity index (χ1v) is 7.77. The highest BCUT2D eigenvalue weighted by atomic mass is 16.3. The number of carbonyl (C=O) groups is 1. The number of amides is 1. The van der Waals surface area contributed by atoms with Gasteiger partial charge in [0, 0.05) is 12.1 Å². The van der Waals surface area contributed by atoms with Crippen molar-refractivity contribution in [1.82, 2.24) is 15.5 Å². The zero-order valence-corrected chi connectivity index (χ0v) is 13.7. The van der Waals surface area contributed by atoms with Gasteiger partial charge in [0.25, 0.3) is 0 Å². The summed E-state index contributed by atoms with van der Waals surface area (Å²) in [5.41, 5.74) is 3.14. The van der Waals surface area contributed by atoms with Gasteiger partial charge in [0.1, 0.15) is 5.75 Å². The highest BCUT2D eigenvalue weighted by Crippen LogP contribution is 2.32. The maximum atomic E-state index is 11.7. The molecule has 3 N–H and O–H groups in total. The smallest absolute Gasteiger partial charge is 0.239 e. The fourth-order valence-corrected chi connectivity index (χ4v) is 3.01. The van der Waals surface area contributed by atoms with Crippen molar-refractivity contribution in [2.75, 3.05) is 24.6 Å². The average molecular weight is 328 g/mol. The number of phenolic OH excluding ortho intramolecular Hbond substituents is 1. The molecule has 1 aliphatic heterocycles. The number of piperazine rings is 1. The number of hydrogen-bond donors (Lipinski definition) is 3. The van der Waals surface area contributed by atoms with E-state index in [4.69, 9.17) is 0 Å². The number of aromatic hydroxyl groups is 1. The van der Waals surface area contributed by atoms with Crippen LogP contribution in [0.2, 0.25) is 0 Å². The van der Waals surface area contributed by atoms with Crippen molar-refractivity contribution in [3.63, 3.8) is 0 Å². The second-order valence-electron chi connectivity index (χ2n) is 6.08. The molecule has 1 amide bonds. The zero-order valence-electron chi connectivity index (χ0n) is 13.7. The van der Waals surface area contributed by atoms with Crippen LogP contribution in [-0.4, -0.2) is 52.1 Å². The van der Waals surface area contributed by atoms with E-state index in [2.05, 4.69) is 15.5 Å². The molecule has 1 saturated heterocycles. The van der Waals surface area contributed by atoms with Crippen LogP contribution < -0.4 is 10.2 Å². The minimum absolute atomic E-state index is 0.121. The molecule has 0 aliphatic carbocycles. The number of rotatable bonds is 3. The third-order valence-electron chi connectivity index (χ3n) is 4.05. The fraction of sp³-hybridized carbons (Fsp3) is 0.353. The van der Waals surface area contributed by atoms with E-state index >= 15 is 0 Å². The first-order chi connectivity index (χ1) is 11.5. The third-order valence-corrected chi connectivity index (χ3v) is 4.05. The average Bonchev–Trinajstić information content (AvgIpc) is 2.54. The molecule has 24 heavy (non-hydrogen) atoms. The van der Waals surface area contributed by atoms with Crippen LogP contribution in [0.15, 0.2) is 24.3 Å². The van der Waals surface area contributed by atoms with Gasteiger partial charge in [-0.3, -0.25) is 4.79 Å². The van der Waals surface area contributed by atoms with Crippen LogP contribution in [0.5, 0.6) is 5.75 Å². The molecule has 1 atom stereocenters. The molecule has 7 nitrogen and oxygen atoms in total. The zero-order chi connectivity index (χ0) is 17.3. The lowest BCUT2D eigenvalue weighted by Gasteiger charge is -2.32. The number of nitrogens with one attached hydrogen (secondary N) is 1. The summed E-state index contributed by atoms with van der Waals surface area (Å²) in [6.45, 7) is 4.37. The van der Waals surface area contributed by atoms with E-state index in [-0.39, 0.29) is 30.9 Å². The second kappa shape index (κ2) is 6.45. The summed E-state index contributed by atoms with van der Waals surface area (Å²) in [6, 6.07) is 6.91. The standard InChI is InChI=1S/C17H20N4O3/c1-10-5-11(2)17(14(23)6-10)13-3-4-15(20-19-13)21-7-12(9-22)18-16(24)8-21/h3-6,12,22-23H,7-9H2,1-2H3,(H,18,24)/t12-/m0/s1. The van der Waals surface area contributed by atoms with E-state index < -0.39 is 0 Å². The van der Waals surface area contributed by atoms with Gasteiger partial charge in [-0.05, 0) is 43.2 Å². The summed E-state index contributed by atoms with van der Waals surface area (Å²) in [5.74, 6) is 0.585. The summed E-state index contributed by atoms with van der Waals surface area (Å²) in [5, 5.41) is 30.5. The Morgan fingerprint density at radius 1 is 1.29 bits per heavy atom. The van der Waals surface area contributed by atoms with Gasteiger partial charge in [-0.1, -0.05) is 6.07 Å². The summed E-state index contributed by atoms with van der Waals surface area (Å²) in [4.78, 5) is 13.5. The van der Waals surface area contributed by atoms with Gasteiger partial charge in [0.2, 0.25) is 5.91 Å². The van der Waals surface area contributed by atoms with Gasteiger partial charge in [0.15, 0.2) is 5.82 Å². The first kappa shape index (κ1) is 16.2. The number of benzene rings is 1. The lowest BCUT2D eigenvalue weighted by atomic mass is 10.0. The lowest BCUT2D eigenvalue weighted by molar-refractivity contribution is -0.121. The monoisotopic (exact) mass is 328 g/mol. The van der Waals surface area contributed by atoms with Gasteiger partial charge < -0.3 is 20.4 Å². The largest absolute Gasteiger partial charge is 0.507 e. The van der Waals surface area contributed by atoms with Crippen LogP contribution in [0.1, 0.15) is 11.1 Å². The van der Waals surface area contributed by atoms with Crippen LogP contribution in [0.4, 0.5) is 5.82 Å². The molecule has 1 aromatic heterocycles. The van der Waals surface area contributed by atoms with Crippen molar-refractivity contribution in [3.05, 3.63) is 35.4 Å². The number of aryl methyl sites for hydroxylation is 2. The van der Waals surface area contributed by atoms with Crippen molar-refractivity contribution in [1.29, 1.82) is 0 Å². The minimum atomic E-state index is -0.309. The molecule has 7 heteroatoms. The molecule has 2 heterocycles. The number of carbonyl (C=O) groups excluding carboxylic acids is 1. The Hall–Kier alpha value is -2.67. The topological polar surface area (TPSA) is 98.6 Å². The highest BCUT2D eigenvalue weighted by Gasteiger charge is 2.25. The third kappa shape index (κ3) is 3.16. The SMILES string of the molecule is Cc1cc(C)c(-c2ccc(N3CC(=O)N[C@H](CO)C3)nn2)c(O)c1. The van der Waals surface area contributed by atoms with Crippen molar-refractivity contribution in [2.24, 2.45) is 0 Å². The van der Waals surface area contributed by atoms with Crippen LogP contribution in [0.3, 0.4) is 0 Å². The molecular formula is C17H20N4O3. The van der Waals surface area contributed by atoms with E-state index in [9.17, 15) is 15.0 Å². The number of hydrogen-bond acceptors (Lipinski definition) is 6. The maximum absolute atomic E-state index is 11.7. The Morgan fingerprint density at radius 2 is 2.08 bits per heavy atom. The van der Waals surface area contributed by atoms with Gasteiger partial charge in [-0.2, -0.15) is 0 Å². The Kier molecular flexibility index (Phi) is 4.35. The highest BCUT2D eigenvalue weighted by molar-refractivity contribution is 5.82. The summed E-state index contributed by atoms with van der Waals surface area (Å²) in [7, 11) is 0. The summed E-state index contributed by atoms with van der Waals surface area (Å²) >= 11 is 0. The van der Waals surface area contributed by atoms with E-state index in [1.54, 1.807) is 23.1 Å². The Bertz CT molecular complexity index is 738. The molecule has 0 radical (unpaired) electrons. The van der Waals surface area contributed by atoms with Gasteiger partial charge in [-0.15, -0.1) is 10.2 Å².